The number of phenolic OH excluding ortho intramolecular Hbond substituents is 1. The molecule has 0 atom stereocenters. The summed E-state index contributed by atoms with van der Waals surface area (Å²) in [5.74, 6) is 0.293. The van der Waals surface area contributed by atoms with Crippen molar-refractivity contribution in [2.75, 3.05) is 11.8 Å². The highest BCUT2D eigenvalue weighted by molar-refractivity contribution is 7.92. The molecule has 2 N–H and O–H groups in total. The predicted molar refractivity (Wildman–Crippen MR) is 125 cm³/mol. The molecule has 0 fully saturated rings. The van der Waals surface area contributed by atoms with Crippen molar-refractivity contribution in [3.05, 3.63) is 78.1 Å². The van der Waals surface area contributed by atoms with Crippen LogP contribution in [0.15, 0.2) is 78.0 Å². The molecule has 7 nitrogen and oxygen atoms in total. The minimum Gasteiger partial charge on any atom is -0.505 e. The van der Waals surface area contributed by atoms with Crippen molar-refractivity contribution in [1.29, 1.82) is 0 Å². The molecule has 32 heavy (non-hydrogen) atoms. The zero-order valence-electron chi connectivity index (χ0n) is 17.3. The molecule has 0 aliphatic carbocycles. The van der Waals surface area contributed by atoms with E-state index in [0.29, 0.717) is 17.1 Å². The minimum absolute atomic E-state index is 0.101. The Bertz CT molecular complexity index is 1390. The number of nitrogens with one attached hydrogen (secondary N) is 1. The third-order valence-electron chi connectivity index (χ3n) is 4.95. The van der Waals surface area contributed by atoms with Gasteiger partial charge in [0.1, 0.15) is 16.5 Å². The Labute approximate surface area is 190 Å². The minimum atomic E-state index is -4.23. The van der Waals surface area contributed by atoms with E-state index < -0.39 is 15.8 Å². The fourth-order valence-electron chi connectivity index (χ4n) is 3.35. The molecule has 1 heterocycles. The molecule has 0 spiro atoms. The Kier molecular flexibility index (Phi) is 5.82. The topological polar surface area (TPSA) is 93.5 Å². The molecule has 0 aliphatic rings. The van der Waals surface area contributed by atoms with Crippen LogP contribution in [0.5, 0.6) is 11.5 Å². The number of hydrogen-bond donors (Lipinski definition) is 2. The van der Waals surface area contributed by atoms with Crippen molar-refractivity contribution in [2.24, 2.45) is 7.05 Å². The van der Waals surface area contributed by atoms with Gasteiger partial charge in [-0.25, -0.2) is 13.4 Å². The monoisotopic (exact) mass is 469 g/mol. The van der Waals surface area contributed by atoms with Crippen LogP contribution in [0.2, 0.25) is 5.02 Å². The standard InChI is InChI=1S/C23H20ClN3O4S/c1-27-11-10-25-23(27)17-12-18(24)22(28)21(14-17)32(29,30)26-19-13-16(8-9-20(19)31-2)15-6-4-3-5-7-15/h3-14,26,28H,1-2H3. The highest BCUT2D eigenvalue weighted by Crippen LogP contribution is 2.38. The smallest absolute Gasteiger partial charge is 0.265 e. The molecule has 4 aromatic rings. The van der Waals surface area contributed by atoms with E-state index >= 15 is 0 Å². The van der Waals surface area contributed by atoms with Gasteiger partial charge < -0.3 is 14.4 Å². The van der Waals surface area contributed by atoms with E-state index in [1.807, 2.05) is 36.4 Å². The summed E-state index contributed by atoms with van der Waals surface area (Å²) in [6.07, 6.45) is 3.31. The molecule has 0 amide bonds. The Morgan fingerprint density at radius 2 is 1.78 bits per heavy atom. The van der Waals surface area contributed by atoms with E-state index in [0.717, 1.165) is 11.1 Å². The lowest BCUT2D eigenvalue weighted by atomic mass is 10.1. The van der Waals surface area contributed by atoms with Crippen molar-refractivity contribution < 1.29 is 18.3 Å². The third-order valence-corrected chi connectivity index (χ3v) is 6.62. The number of aryl methyl sites for hydroxylation is 1. The zero-order chi connectivity index (χ0) is 22.9. The molecule has 9 heteroatoms. The van der Waals surface area contributed by atoms with Crippen LogP contribution < -0.4 is 9.46 Å². The molecule has 0 saturated heterocycles. The lowest BCUT2D eigenvalue weighted by Gasteiger charge is -2.15. The van der Waals surface area contributed by atoms with Gasteiger partial charge in [-0.2, -0.15) is 0 Å². The van der Waals surface area contributed by atoms with Crippen LogP contribution in [0.25, 0.3) is 22.5 Å². The first-order valence-electron chi connectivity index (χ1n) is 9.56. The van der Waals surface area contributed by atoms with Gasteiger partial charge in [-0.1, -0.05) is 48.0 Å². The maximum atomic E-state index is 13.3. The quantitative estimate of drug-likeness (QED) is 0.418. The maximum absolute atomic E-state index is 13.3. The van der Waals surface area contributed by atoms with Crippen molar-refractivity contribution in [3.63, 3.8) is 0 Å². The number of nitrogens with zero attached hydrogens (tertiary/aromatic N) is 2. The second-order valence-electron chi connectivity index (χ2n) is 7.05. The molecular formula is C23H20ClN3O4S. The number of halogens is 1. The lowest BCUT2D eigenvalue weighted by molar-refractivity contribution is 0.417. The fourth-order valence-corrected chi connectivity index (χ4v) is 4.83. The number of imidazole rings is 1. The van der Waals surface area contributed by atoms with E-state index in [-0.39, 0.29) is 15.6 Å². The Morgan fingerprint density at radius 1 is 1.03 bits per heavy atom. The molecule has 0 saturated carbocycles. The summed E-state index contributed by atoms with van der Waals surface area (Å²) >= 11 is 6.16. The molecule has 0 radical (unpaired) electrons. The lowest BCUT2D eigenvalue weighted by Crippen LogP contribution is -2.14. The molecular weight excluding hydrogens is 450 g/mol. The van der Waals surface area contributed by atoms with Gasteiger partial charge in [0, 0.05) is 25.0 Å². The van der Waals surface area contributed by atoms with Crippen LogP contribution in [-0.4, -0.2) is 30.2 Å². The highest BCUT2D eigenvalue weighted by atomic mass is 35.5. The molecule has 3 aromatic carbocycles. The normalized spacial score (nSPS) is 11.3. The number of phenols is 1. The van der Waals surface area contributed by atoms with E-state index in [1.165, 1.54) is 19.2 Å². The first-order chi connectivity index (χ1) is 15.3. The Morgan fingerprint density at radius 3 is 2.44 bits per heavy atom. The number of methoxy groups -OCH3 is 1. The average Bonchev–Trinajstić information content (AvgIpc) is 3.21. The summed E-state index contributed by atoms with van der Waals surface area (Å²) < 4.78 is 36.2. The van der Waals surface area contributed by atoms with Gasteiger partial charge in [0.2, 0.25) is 0 Å². The zero-order valence-corrected chi connectivity index (χ0v) is 18.9. The number of benzene rings is 3. The van der Waals surface area contributed by atoms with Crippen LogP contribution in [0, 0.1) is 0 Å². The first-order valence-corrected chi connectivity index (χ1v) is 11.4. The first kappa shape index (κ1) is 21.7. The number of rotatable bonds is 6. The summed E-state index contributed by atoms with van der Waals surface area (Å²) in [5.41, 5.74) is 2.39. The molecule has 1 aromatic heterocycles. The van der Waals surface area contributed by atoms with Crippen molar-refractivity contribution in [3.8, 4) is 34.0 Å². The maximum Gasteiger partial charge on any atom is 0.265 e. The molecule has 0 unspecified atom stereocenters. The van der Waals surface area contributed by atoms with Crippen LogP contribution in [0.3, 0.4) is 0 Å². The molecule has 0 bridgehead atoms. The van der Waals surface area contributed by atoms with Gasteiger partial charge in [0.25, 0.3) is 10.0 Å². The number of anilines is 1. The van der Waals surface area contributed by atoms with Crippen LogP contribution in [-0.2, 0) is 17.1 Å². The Hall–Kier alpha value is -3.49. The van der Waals surface area contributed by atoms with E-state index in [2.05, 4.69) is 9.71 Å². The summed E-state index contributed by atoms with van der Waals surface area (Å²) in [5, 5.41) is 10.4. The van der Waals surface area contributed by atoms with Crippen LogP contribution in [0.1, 0.15) is 0 Å². The molecule has 164 valence electrons. The number of ether oxygens (including phenoxy) is 1. The van der Waals surface area contributed by atoms with Gasteiger partial charge in [0.05, 0.1) is 17.8 Å². The third kappa shape index (κ3) is 4.15. The van der Waals surface area contributed by atoms with Gasteiger partial charge in [-0.15, -0.1) is 0 Å². The summed E-state index contributed by atoms with van der Waals surface area (Å²) in [4.78, 5) is 3.86. The SMILES string of the molecule is COc1ccc(-c2ccccc2)cc1NS(=O)(=O)c1cc(-c2nccn2C)cc(Cl)c1O. The predicted octanol–water partition coefficient (Wildman–Crippen LogP) is 4.92. The van der Waals surface area contributed by atoms with Crippen LogP contribution >= 0.6 is 11.6 Å². The van der Waals surface area contributed by atoms with Crippen molar-refractivity contribution in [1.82, 2.24) is 9.55 Å². The van der Waals surface area contributed by atoms with E-state index in [1.54, 1.807) is 36.1 Å². The average molecular weight is 470 g/mol. The molecule has 0 aliphatic heterocycles. The summed E-state index contributed by atoms with van der Waals surface area (Å²) in [7, 11) is -1.00. The summed E-state index contributed by atoms with van der Waals surface area (Å²) in [6.45, 7) is 0. The van der Waals surface area contributed by atoms with Gasteiger partial charge in [-0.05, 0) is 35.4 Å². The second-order valence-corrected chi connectivity index (χ2v) is 9.11. The van der Waals surface area contributed by atoms with Crippen LogP contribution in [0.4, 0.5) is 5.69 Å². The van der Waals surface area contributed by atoms with E-state index in [9.17, 15) is 13.5 Å². The summed E-state index contributed by atoms with van der Waals surface area (Å²) in [6, 6.07) is 17.5. The second kappa shape index (κ2) is 8.57. The van der Waals surface area contributed by atoms with Crippen molar-refractivity contribution in [2.45, 2.75) is 4.90 Å². The number of hydrogen-bond acceptors (Lipinski definition) is 5. The number of aromatic nitrogens is 2. The molecule has 4 rings (SSSR count). The fraction of sp³-hybridized carbons (Fsp3) is 0.0870. The van der Waals surface area contributed by atoms with Crippen molar-refractivity contribution >= 4 is 27.3 Å². The van der Waals surface area contributed by atoms with E-state index in [4.69, 9.17) is 16.3 Å². The number of aromatic hydroxyl groups is 1. The van der Waals surface area contributed by atoms with Gasteiger partial charge in [0.15, 0.2) is 5.75 Å². The number of sulfonamides is 1. The highest BCUT2D eigenvalue weighted by Gasteiger charge is 2.24. The van der Waals surface area contributed by atoms with Gasteiger partial charge in [-0.3, -0.25) is 4.72 Å². The largest absolute Gasteiger partial charge is 0.505 e. The Balaban J connectivity index is 1.79. The van der Waals surface area contributed by atoms with Gasteiger partial charge >= 0.3 is 0 Å².